The molecule has 2 amide bonds. The number of amides is 2. The molecule has 3 N–H and O–H groups in total. The number of primary amides is 1. The van der Waals surface area contributed by atoms with E-state index in [9.17, 15) is 9.59 Å². The number of ether oxygens (including phenoxy) is 2. The van der Waals surface area contributed by atoms with Crippen molar-refractivity contribution in [3.05, 3.63) is 34.5 Å². The summed E-state index contributed by atoms with van der Waals surface area (Å²) in [5.74, 6) is 1.35. The molecule has 0 fully saturated rings. The number of Topliss-reactive ketones (excluding diaryl/α,β-unsaturated/α-hetero) is 1. The normalized spacial score (nSPS) is 24.6. The number of fused-ring (bicyclic) bond motifs is 4. The van der Waals surface area contributed by atoms with Crippen molar-refractivity contribution >= 4 is 17.5 Å². The second-order valence-corrected chi connectivity index (χ2v) is 7.65. The molecule has 2 heterocycles. The predicted octanol–water partition coefficient (Wildman–Crippen LogP) is 2.28. The minimum absolute atomic E-state index is 0.00312. The fourth-order valence-electron chi connectivity index (χ4n) is 4.87. The molecular formula is C21H26N4O4. The fraction of sp³-hybridized carbons (Fsp3) is 0.476. The van der Waals surface area contributed by atoms with Crippen LogP contribution in [0.15, 0.2) is 28.5 Å². The van der Waals surface area contributed by atoms with Gasteiger partial charge in [-0.2, -0.15) is 5.10 Å². The monoisotopic (exact) mass is 398 g/mol. The van der Waals surface area contributed by atoms with Gasteiger partial charge < -0.3 is 20.1 Å². The second-order valence-electron chi connectivity index (χ2n) is 7.65. The molecule has 3 aliphatic rings. The van der Waals surface area contributed by atoms with Crippen LogP contribution in [0.3, 0.4) is 0 Å². The van der Waals surface area contributed by atoms with Crippen LogP contribution in [0.4, 0.5) is 4.79 Å². The molecule has 1 aromatic carbocycles. The van der Waals surface area contributed by atoms with Gasteiger partial charge in [0, 0.05) is 24.6 Å². The number of methoxy groups -OCH3 is 2. The first-order valence-electron chi connectivity index (χ1n) is 9.87. The molecule has 154 valence electrons. The van der Waals surface area contributed by atoms with Crippen LogP contribution in [0.25, 0.3) is 0 Å². The van der Waals surface area contributed by atoms with E-state index in [1.165, 1.54) is 5.56 Å². The van der Waals surface area contributed by atoms with Crippen LogP contribution in [0.1, 0.15) is 43.4 Å². The number of nitrogens with one attached hydrogen (secondary N) is 1. The fourth-order valence-corrected chi connectivity index (χ4v) is 4.87. The lowest BCUT2D eigenvalue weighted by molar-refractivity contribution is -0.116. The van der Waals surface area contributed by atoms with Gasteiger partial charge in [0.1, 0.15) is 0 Å². The topological polar surface area (TPSA) is 106 Å². The van der Waals surface area contributed by atoms with Crippen molar-refractivity contribution in [3.63, 3.8) is 0 Å². The van der Waals surface area contributed by atoms with Gasteiger partial charge in [0.2, 0.25) is 0 Å². The lowest BCUT2D eigenvalue weighted by Crippen LogP contribution is -2.48. The number of nitrogens with two attached hydrogens (primary N) is 1. The highest BCUT2D eigenvalue weighted by Crippen LogP contribution is 2.48. The number of ketones is 1. The highest BCUT2D eigenvalue weighted by molar-refractivity contribution is 6.24. The Balaban J connectivity index is 1.88. The first-order chi connectivity index (χ1) is 14.0. The summed E-state index contributed by atoms with van der Waals surface area (Å²) in [5, 5.41) is 4.27. The molecule has 2 aliphatic heterocycles. The zero-order chi connectivity index (χ0) is 20.7. The third-order valence-corrected chi connectivity index (χ3v) is 6.10. The predicted molar refractivity (Wildman–Crippen MR) is 108 cm³/mol. The summed E-state index contributed by atoms with van der Waals surface area (Å²) in [6.45, 7) is 2.86. The van der Waals surface area contributed by atoms with Crippen molar-refractivity contribution in [3.8, 4) is 11.5 Å². The summed E-state index contributed by atoms with van der Waals surface area (Å²) in [6, 6.07) is 3.31. The Kier molecular flexibility index (Phi) is 4.94. The van der Waals surface area contributed by atoms with Crippen LogP contribution in [-0.4, -0.2) is 43.2 Å². The highest BCUT2D eigenvalue weighted by atomic mass is 16.5. The quantitative estimate of drug-likeness (QED) is 0.760. The standard InChI is InChI=1S/C21H26N4O4/c1-11-19(23-24-21(22)27)18-14(5-4-6-15(18)26)25-8-7-12-9-16(28-2)17(29-3)10-13(12)20(11)25/h9-11,20H,4-8H2,1-3H3,(H3,22,24,27)/b23-19-/t11-,20+/m0/s1. The Morgan fingerprint density at radius 3 is 2.62 bits per heavy atom. The van der Waals surface area contributed by atoms with Gasteiger partial charge in [-0.25, -0.2) is 10.2 Å². The van der Waals surface area contributed by atoms with Gasteiger partial charge in [-0.15, -0.1) is 0 Å². The SMILES string of the molecule is COc1cc2c(cc1OC)[C@H]1[C@@H](C)/C(=N/NC(N)=O)C3=C(CCCC3=O)N1CC2. The maximum Gasteiger partial charge on any atom is 0.332 e. The van der Waals surface area contributed by atoms with Crippen molar-refractivity contribution in [2.75, 3.05) is 20.8 Å². The van der Waals surface area contributed by atoms with Crippen LogP contribution in [0.5, 0.6) is 11.5 Å². The molecule has 0 aromatic heterocycles. The Morgan fingerprint density at radius 2 is 1.93 bits per heavy atom. The Hall–Kier alpha value is -3.03. The number of nitrogens with zero attached hydrogens (tertiary/aromatic N) is 2. The van der Waals surface area contributed by atoms with Crippen LogP contribution < -0.4 is 20.6 Å². The molecule has 2 atom stereocenters. The number of carbonyl (C=O) groups excluding carboxylic acids is 2. The third kappa shape index (κ3) is 3.12. The lowest BCUT2D eigenvalue weighted by Gasteiger charge is -2.48. The summed E-state index contributed by atoms with van der Waals surface area (Å²) in [4.78, 5) is 26.4. The lowest BCUT2D eigenvalue weighted by atomic mass is 9.74. The van der Waals surface area contributed by atoms with Gasteiger partial charge in [-0.1, -0.05) is 6.92 Å². The van der Waals surface area contributed by atoms with E-state index < -0.39 is 6.03 Å². The number of hydrogen-bond donors (Lipinski definition) is 2. The number of rotatable bonds is 3. The van der Waals surface area contributed by atoms with E-state index in [2.05, 4.69) is 15.4 Å². The van der Waals surface area contributed by atoms with Gasteiger partial charge in [-0.05, 0) is 42.5 Å². The summed E-state index contributed by atoms with van der Waals surface area (Å²) in [5.41, 5.74) is 12.2. The smallest absolute Gasteiger partial charge is 0.332 e. The van der Waals surface area contributed by atoms with Crippen LogP contribution >= 0.6 is 0 Å². The van der Waals surface area contributed by atoms with Crippen molar-refractivity contribution in [1.29, 1.82) is 0 Å². The average molecular weight is 398 g/mol. The Morgan fingerprint density at radius 1 is 1.21 bits per heavy atom. The summed E-state index contributed by atoms with van der Waals surface area (Å²) in [7, 11) is 3.26. The van der Waals surface area contributed by atoms with Crippen molar-refractivity contribution in [2.24, 2.45) is 16.8 Å². The number of benzene rings is 1. The molecule has 1 aliphatic carbocycles. The maximum atomic E-state index is 12.8. The molecule has 0 bridgehead atoms. The van der Waals surface area contributed by atoms with E-state index in [1.807, 2.05) is 19.1 Å². The van der Waals surface area contributed by atoms with E-state index in [-0.39, 0.29) is 17.7 Å². The molecule has 0 unspecified atom stereocenters. The van der Waals surface area contributed by atoms with Gasteiger partial charge >= 0.3 is 6.03 Å². The molecule has 29 heavy (non-hydrogen) atoms. The molecule has 0 spiro atoms. The maximum absolute atomic E-state index is 12.8. The zero-order valence-electron chi connectivity index (χ0n) is 16.9. The minimum atomic E-state index is -0.743. The molecule has 0 saturated carbocycles. The number of hydrazone groups is 1. The van der Waals surface area contributed by atoms with E-state index in [0.29, 0.717) is 29.2 Å². The minimum Gasteiger partial charge on any atom is -0.493 e. The molecule has 8 heteroatoms. The Bertz CT molecular complexity index is 937. The number of carbonyl (C=O) groups is 2. The van der Waals surface area contributed by atoms with Gasteiger partial charge in [0.15, 0.2) is 17.3 Å². The van der Waals surface area contributed by atoms with Crippen LogP contribution in [0, 0.1) is 5.92 Å². The molecule has 1 aromatic rings. The van der Waals surface area contributed by atoms with E-state index >= 15 is 0 Å². The van der Waals surface area contributed by atoms with E-state index in [4.69, 9.17) is 15.2 Å². The molecule has 0 radical (unpaired) electrons. The van der Waals surface area contributed by atoms with Gasteiger partial charge in [0.25, 0.3) is 0 Å². The number of urea groups is 1. The summed E-state index contributed by atoms with van der Waals surface area (Å²) < 4.78 is 11.0. The summed E-state index contributed by atoms with van der Waals surface area (Å²) >= 11 is 0. The van der Waals surface area contributed by atoms with Crippen LogP contribution in [0.2, 0.25) is 0 Å². The average Bonchev–Trinajstić information content (AvgIpc) is 2.72. The van der Waals surface area contributed by atoms with Gasteiger partial charge in [0.05, 0.1) is 31.5 Å². The number of hydrogen-bond acceptors (Lipinski definition) is 6. The molecule has 4 rings (SSSR count). The first-order valence-corrected chi connectivity index (χ1v) is 9.87. The van der Waals surface area contributed by atoms with Crippen molar-refractivity contribution in [2.45, 2.75) is 38.6 Å². The number of allylic oxidation sites excluding steroid dienone is 2. The third-order valence-electron chi connectivity index (χ3n) is 6.10. The summed E-state index contributed by atoms with van der Waals surface area (Å²) in [6.07, 6.45) is 3.00. The molecule has 8 nitrogen and oxygen atoms in total. The van der Waals surface area contributed by atoms with E-state index in [0.717, 1.165) is 37.1 Å². The largest absolute Gasteiger partial charge is 0.493 e. The van der Waals surface area contributed by atoms with Crippen molar-refractivity contribution in [1.82, 2.24) is 10.3 Å². The van der Waals surface area contributed by atoms with Crippen molar-refractivity contribution < 1.29 is 19.1 Å². The zero-order valence-corrected chi connectivity index (χ0v) is 16.9. The van der Waals surface area contributed by atoms with Crippen LogP contribution in [-0.2, 0) is 11.2 Å². The molecular weight excluding hydrogens is 372 g/mol. The Labute approximate surface area is 169 Å². The van der Waals surface area contributed by atoms with E-state index in [1.54, 1.807) is 14.2 Å². The first kappa shape index (κ1) is 19.3. The second kappa shape index (κ2) is 7.42. The molecule has 0 saturated heterocycles. The van der Waals surface area contributed by atoms with Gasteiger partial charge in [-0.3, -0.25) is 4.79 Å². The highest BCUT2D eigenvalue weighted by Gasteiger charge is 2.44.